The van der Waals surface area contributed by atoms with Gasteiger partial charge in [0.05, 0.1) is 12.0 Å². The average molecular weight is 250 g/mol. The highest BCUT2D eigenvalue weighted by molar-refractivity contribution is 5.97. The zero-order chi connectivity index (χ0) is 13.1. The first-order valence-electron chi connectivity index (χ1n) is 5.60. The SMILES string of the molecule is CCn1ccnc1CC(=O)c1ccc(F)cc1F. The Hall–Kier alpha value is -2.04. The van der Waals surface area contributed by atoms with Crippen LogP contribution in [0.3, 0.4) is 0 Å². The summed E-state index contributed by atoms with van der Waals surface area (Å²) in [5.41, 5.74) is -0.109. The molecule has 0 unspecified atom stereocenters. The summed E-state index contributed by atoms with van der Waals surface area (Å²) in [6.07, 6.45) is 3.35. The van der Waals surface area contributed by atoms with Gasteiger partial charge < -0.3 is 4.57 Å². The fourth-order valence-electron chi connectivity index (χ4n) is 1.75. The van der Waals surface area contributed by atoms with Crippen LogP contribution in [0.15, 0.2) is 30.6 Å². The van der Waals surface area contributed by atoms with E-state index in [9.17, 15) is 13.6 Å². The van der Waals surface area contributed by atoms with Crippen molar-refractivity contribution < 1.29 is 13.6 Å². The van der Waals surface area contributed by atoms with Gasteiger partial charge in [-0.25, -0.2) is 13.8 Å². The summed E-state index contributed by atoms with van der Waals surface area (Å²) in [6, 6.07) is 2.94. The summed E-state index contributed by atoms with van der Waals surface area (Å²) >= 11 is 0. The topological polar surface area (TPSA) is 34.9 Å². The standard InChI is InChI=1S/C13H12F2N2O/c1-2-17-6-5-16-13(17)8-12(18)10-4-3-9(14)7-11(10)15/h3-7H,2,8H2,1H3. The van der Waals surface area contributed by atoms with Gasteiger partial charge >= 0.3 is 0 Å². The Bertz CT molecular complexity index is 578. The maximum absolute atomic E-state index is 13.4. The predicted octanol–water partition coefficient (Wildman–Crippen LogP) is 2.61. The maximum Gasteiger partial charge on any atom is 0.173 e. The summed E-state index contributed by atoms with van der Waals surface area (Å²) in [7, 11) is 0. The van der Waals surface area contributed by atoms with Crippen LogP contribution in [-0.2, 0) is 13.0 Å². The number of aromatic nitrogens is 2. The zero-order valence-electron chi connectivity index (χ0n) is 9.86. The number of halogens is 2. The van der Waals surface area contributed by atoms with Gasteiger partial charge in [0.1, 0.15) is 17.5 Å². The molecule has 1 aromatic carbocycles. The van der Waals surface area contributed by atoms with Crippen molar-refractivity contribution in [3.8, 4) is 0 Å². The number of ketones is 1. The van der Waals surface area contributed by atoms with Crippen molar-refractivity contribution in [2.45, 2.75) is 19.9 Å². The molecule has 0 aliphatic carbocycles. The maximum atomic E-state index is 13.4. The lowest BCUT2D eigenvalue weighted by Crippen LogP contribution is -2.11. The van der Waals surface area contributed by atoms with E-state index in [2.05, 4.69) is 4.98 Å². The second kappa shape index (κ2) is 5.08. The van der Waals surface area contributed by atoms with Crippen LogP contribution in [0.25, 0.3) is 0 Å². The fraction of sp³-hybridized carbons (Fsp3) is 0.231. The molecule has 0 fully saturated rings. The second-order valence-corrected chi connectivity index (χ2v) is 3.85. The number of carbonyl (C=O) groups excluding carboxylic acids is 1. The molecule has 0 N–H and O–H groups in total. The van der Waals surface area contributed by atoms with Crippen LogP contribution < -0.4 is 0 Å². The molecule has 1 aromatic heterocycles. The van der Waals surface area contributed by atoms with Crippen molar-refractivity contribution in [3.05, 3.63) is 53.6 Å². The third kappa shape index (κ3) is 2.45. The van der Waals surface area contributed by atoms with Gasteiger partial charge in [-0.2, -0.15) is 0 Å². The van der Waals surface area contributed by atoms with Gasteiger partial charge in [-0.1, -0.05) is 0 Å². The van der Waals surface area contributed by atoms with E-state index in [4.69, 9.17) is 0 Å². The third-order valence-electron chi connectivity index (χ3n) is 2.69. The fourth-order valence-corrected chi connectivity index (χ4v) is 1.75. The first-order valence-corrected chi connectivity index (χ1v) is 5.60. The predicted molar refractivity (Wildman–Crippen MR) is 62.3 cm³/mol. The number of benzene rings is 1. The molecule has 18 heavy (non-hydrogen) atoms. The highest BCUT2D eigenvalue weighted by Crippen LogP contribution is 2.12. The lowest BCUT2D eigenvalue weighted by molar-refractivity contribution is 0.0986. The lowest BCUT2D eigenvalue weighted by atomic mass is 10.1. The summed E-state index contributed by atoms with van der Waals surface area (Å²) in [5.74, 6) is -1.37. The minimum absolute atomic E-state index is 0.00337. The van der Waals surface area contributed by atoms with E-state index in [1.54, 1.807) is 17.0 Å². The Morgan fingerprint density at radius 1 is 1.39 bits per heavy atom. The normalized spacial score (nSPS) is 10.6. The second-order valence-electron chi connectivity index (χ2n) is 3.85. The van der Waals surface area contributed by atoms with Crippen molar-refractivity contribution in [1.29, 1.82) is 0 Å². The van der Waals surface area contributed by atoms with Crippen molar-refractivity contribution in [1.82, 2.24) is 9.55 Å². The highest BCUT2D eigenvalue weighted by atomic mass is 19.1. The Kier molecular flexibility index (Phi) is 3.50. The Morgan fingerprint density at radius 3 is 2.83 bits per heavy atom. The number of hydrogen-bond acceptors (Lipinski definition) is 2. The molecule has 0 radical (unpaired) electrons. The largest absolute Gasteiger partial charge is 0.335 e. The van der Waals surface area contributed by atoms with E-state index in [1.807, 2.05) is 6.92 Å². The molecule has 2 aromatic rings. The van der Waals surface area contributed by atoms with Gasteiger partial charge in [-0.05, 0) is 19.1 Å². The van der Waals surface area contributed by atoms with Crippen LogP contribution >= 0.6 is 0 Å². The van der Waals surface area contributed by atoms with E-state index in [1.165, 1.54) is 0 Å². The molecular formula is C13H12F2N2O. The molecule has 0 aliphatic heterocycles. The van der Waals surface area contributed by atoms with E-state index in [0.717, 1.165) is 12.1 Å². The Balaban J connectivity index is 2.22. The minimum atomic E-state index is -0.838. The molecule has 0 bridgehead atoms. The molecule has 0 saturated heterocycles. The van der Waals surface area contributed by atoms with E-state index in [-0.39, 0.29) is 12.0 Å². The number of hydrogen-bond donors (Lipinski definition) is 0. The molecule has 0 aliphatic rings. The molecule has 94 valence electrons. The number of carbonyl (C=O) groups is 1. The highest BCUT2D eigenvalue weighted by Gasteiger charge is 2.15. The van der Waals surface area contributed by atoms with Crippen molar-refractivity contribution in [3.63, 3.8) is 0 Å². The van der Waals surface area contributed by atoms with Gasteiger partial charge in [-0.15, -0.1) is 0 Å². The number of nitrogens with zero attached hydrogens (tertiary/aromatic N) is 2. The van der Waals surface area contributed by atoms with E-state index in [0.29, 0.717) is 18.4 Å². The number of Topliss-reactive ketones (excluding diaryl/α,β-unsaturated/α-hetero) is 1. The number of rotatable bonds is 4. The monoisotopic (exact) mass is 250 g/mol. The van der Waals surface area contributed by atoms with Crippen molar-refractivity contribution in [2.24, 2.45) is 0 Å². The van der Waals surface area contributed by atoms with Crippen molar-refractivity contribution in [2.75, 3.05) is 0 Å². The van der Waals surface area contributed by atoms with Crippen LogP contribution in [0.1, 0.15) is 23.1 Å². The van der Waals surface area contributed by atoms with E-state index >= 15 is 0 Å². The lowest BCUT2D eigenvalue weighted by Gasteiger charge is -2.05. The first-order chi connectivity index (χ1) is 8.61. The molecular weight excluding hydrogens is 238 g/mol. The Morgan fingerprint density at radius 2 is 2.17 bits per heavy atom. The van der Waals surface area contributed by atoms with Crippen LogP contribution in [0.4, 0.5) is 8.78 Å². The number of aryl methyl sites for hydroxylation is 1. The summed E-state index contributed by atoms with van der Waals surface area (Å²) in [6.45, 7) is 2.61. The quantitative estimate of drug-likeness (QED) is 0.782. The molecule has 2 rings (SSSR count). The zero-order valence-corrected chi connectivity index (χ0v) is 9.86. The molecule has 5 heteroatoms. The molecule has 1 heterocycles. The van der Waals surface area contributed by atoms with Gasteiger partial charge in [0, 0.05) is 25.0 Å². The van der Waals surface area contributed by atoms with Gasteiger partial charge in [0.15, 0.2) is 5.78 Å². The van der Waals surface area contributed by atoms with Crippen LogP contribution in [-0.4, -0.2) is 15.3 Å². The molecule has 0 saturated carbocycles. The summed E-state index contributed by atoms with van der Waals surface area (Å²) < 4.78 is 28.0. The van der Waals surface area contributed by atoms with Crippen LogP contribution in [0, 0.1) is 11.6 Å². The van der Waals surface area contributed by atoms with Gasteiger partial charge in [0.2, 0.25) is 0 Å². The summed E-state index contributed by atoms with van der Waals surface area (Å²) in [5, 5.41) is 0. The third-order valence-corrected chi connectivity index (χ3v) is 2.69. The Labute approximate surface area is 103 Å². The first kappa shape index (κ1) is 12.4. The molecule has 0 atom stereocenters. The smallest absolute Gasteiger partial charge is 0.173 e. The van der Waals surface area contributed by atoms with Crippen LogP contribution in [0.5, 0.6) is 0 Å². The van der Waals surface area contributed by atoms with Gasteiger partial charge in [-0.3, -0.25) is 4.79 Å². The van der Waals surface area contributed by atoms with Crippen LogP contribution in [0.2, 0.25) is 0 Å². The summed E-state index contributed by atoms with van der Waals surface area (Å²) in [4.78, 5) is 15.9. The molecule has 0 spiro atoms. The minimum Gasteiger partial charge on any atom is -0.335 e. The van der Waals surface area contributed by atoms with Crippen molar-refractivity contribution >= 4 is 5.78 Å². The number of imidazole rings is 1. The molecule has 0 amide bonds. The van der Waals surface area contributed by atoms with Gasteiger partial charge in [0.25, 0.3) is 0 Å². The molecule has 3 nitrogen and oxygen atoms in total. The average Bonchev–Trinajstić information content (AvgIpc) is 2.76. The van der Waals surface area contributed by atoms with E-state index < -0.39 is 17.4 Å².